The van der Waals surface area contributed by atoms with Crippen LogP contribution in [0.25, 0.3) is 0 Å². The van der Waals surface area contributed by atoms with Gasteiger partial charge in [0, 0.05) is 5.02 Å². The minimum Gasteiger partial charge on any atom is -0.392 e. The fourth-order valence-electron chi connectivity index (χ4n) is 1.02. The van der Waals surface area contributed by atoms with Gasteiger partial charge in [-0.1, -0.05) is 23.8 Å². The summed E-state index contributed by atoms with van der Waals surface area (Å²) in [5, 5.41) is -0.967. The SMILES string of the molecule is CC(C(N)=S)S(=O)(=O)Nc1cc(F)cc(Cl)c1. The van der Waals surface area contributed by atoms with Gasteiger partial charge < -0.3 is 5.73 Å². The molecule has 17 heavy (non-hydrogen) atoms. The second-order valence-electron chi connectivity index (χ2n) is 3.35. The molecule has 0 aliphatic heterocycles. The molecule has 0 radical (unpaired) electrons. The monoisotopic (exact) mass is 296 g/mol. The summed E-state index contributed by atoms with van der Waals surface area (Å²) in [6.07, 6.45) is 0. The lowest BCUT2D eigenvalue weighted by Gasteiger charge is -2.13. The zero-order valence-electron chi connectivity index (χ0n) is 8.78. The molecule has 1 unspecified atom stereocenters. The Bertz CT molecular complexity index is 528. The third kappa shape index (κ3) is 3.79. The van der Waals surface area contributed by atoms with E-state index in [1.165, 1.54) is 13.0 Å². The molecule has 0 saturated heterocycles. The summed E-state index contributed by atoms with van der Waals surface area (Å²) in [7, 11) is -3.79. The van der Waals surface area contributed by atoms with Gasteiger partial charge in [0.2, 0.25) is 10.0 Å². The normalized spacial score (nSPS) is 13.1. The molecule has 0 amide bonds. The van der Waals surface area contributed by atoms with E-state index < -0.39 is 21.1 Å². The number of hydrogen-bond donors (Lipinski definition) is 2. The maximum absolute atomic E-state index is 13.0. The van der Waals surface area contributed by atoms with E-state index in [0.717, 1.165) is 12.1 Å². The topological polar surface area (TPSA) is 72.2 Å². The van der Waals surface area contributed by atoms with Crippen molar-refractivity contribution in [3.63, 3.8) is 0 Å². The van der Waals surface area contributed by atoms with E-state index in [0.29, 0.717) is 0 Å². The predicted molar refractivity (Wildman–Crippen MR) is 70.2 cm³/mol. The van der Waals surface area contributed by atoms with Gasteiger partial charge in [0.05, 0.1) is 10.7 Å². The number of benzene rings is 1. The molecule has 0 aromatic heterocycles. The van der Waals surface area contributed by atoms with Gasteiger partial charge >= 0.3 is 0 Å². The molecule has 0 heterocycles. The highest BCUT2D eigenvalue weighted by Gasteiger charge is 2.23. The molecule has 0 aliphatic rings. The highest BCUT2D eigenvalue weighted by Crippen LogP contribution is 2.20. The highest BCUT2D eigenvalue weighted by molar-refractivity contribution is 7.95. The molecule has 1 aromatic rings. The van der Waals surface area contributed by atoms with Crippen LogP contribution in [0.5, 0.6) is 0 Å². The molecule has 0 fully saturated rings. The lowest BCUT2D eigenvalue weighted by atomic mass is 10.3. The molecule has 0 spiro atoms. The summed E-state index contributed by atoms with van der Waals surface area (Å²) >= 11 is 10.2. The first kappa shape index (κ1) is 14.1. The zero-order valence-corrected chi connectivity index (χ0v) is 11.2. The van der Waals surface area contributed by atoms with Crippen molar-refractivity contribution in [2.24, 2.45) is 5.73 Å². The Morgan fingerprint density at radius 3 is 2.59 bits per heavy atom. The van der Waals surface area contributed by atoms with Crippen LogP contribution in [0.2, 0.25) is 5.02 Å². The molecule has 8 heteroatoms. The fraction of sp³-hybridized carbons (Fsp3) is 0.222. The Hall–Kier alpha value is -0.920. The molecule has 1 rings (SSSR count). The summed E-state index contributed by atoms with van der Waals surface area (Å²) < 4.78 is 38.6. The predicted octanol–water partition coefficient (Wildman–Crippen LogP) is 1.90. The first-order valence-electron chi connectivity index (χ1n) is 4.49. The van der Waals surface area contributed by atoms with Gasteiger partial charge in [-0.3, -0.25) is 4.72 Å². The number of sulfonamides is 1. The van der Waals surface area contributed by atoms with Crippen LogP contribution in [0.3, 0.4) is 0 Å². The standard InChI is InChI=1S/C9H10ClFN2O2S2/c1-5(9(12)16)17(14,15)13-8-3-6(10)2-7(11)4-8/h2-5,13H,1H3,(H2,12,16). The van der Waals surface area contributed by atoms with E-state index in [1.807, 2.05) is 0 Å². The summed E-state index contributed by atoms with van der Waals surface area (Å²) in [5.74, 6) is -0.641. The molecule has 0 bridgehead atoms. The van der Waals surface area contributed by atoms with Gasteiger partial charge in [-0.15, -0.1) is 0 Å². The molecule has 0 saturated carbocycles. The average molecular weight is 297 g/mol. The summed E-state index contributed by atoms with van der Waals surface area (Å²) in [5.41, 5.74) is 5.27. The summed E-state index contributed by atoms with van der Waals surface area (Å²) in [4.78, 5) is -0.167. The van der Waals surface area contributed by atoms with Crippen LogP contribution in [0.4, 0.5) is 10.1 Å². The van der Waals surface area contributed by atoms with E-state index in [1.54, 1.807) is 0 Å². The number of rotatable bonds is 4. The van der Waals surface area contributed by atoms with Crippen molar-refractivity contribution in [3.05, 3.63) is 29.0 Å². The third-order valence-electron chi connectivity index (χ3n) is 1.99. The maximum atomic E-state index is 13.0. The van der Waals surface area contributed by atoms with E-state index >= 15 is 0 Å². The zero-order chi connectivity index (χ0) is 13.2. The third-order valence-corrected chi connectivity index (χ3v) is 4.41. The number of anilines is 1. The van der Waals surface area contributed by atoms with Crippen LogP contribution in [0.15, 0.2) is 18.2 Å². The first-order valence-corrected chi connectivity index (χ1v) is 6.82. The fourth-order valence-corrected chi connectivity index (χ4v) is 2.55. The van der Waals surface area contributed by atoms with Gasteiger partial charge in [-0.2, -0.15) is 0 Å². The van der Waals surface area contributed by atoms with Crippen molar-refractivity contribution < 1.29 is 12.8 Å². The molecule has 1 atom stereocenters. The smallest absolute Gasteiger partial charge is 0.241 e. The summed E-state index contributed by atoms with van der Waals surface area (Å²) in [6.45, 7) is 1.34. The number of hydrogen-bond acceptors (Lipinski definition) is 3. The Balaban J connectivity index is 3.02. The van der Waals surface area contributed by atoms with Crippen molar-refractivity contribution in [1.29, 1.82) is 0 Å². The number of halogens is 2. The van der Waals surface area contributed by atoms with Crippen LogP contribution < -0.4 is 10.5 Å². The molecule has 4 nitrogen and oxygen atoms in total. The second-order valence-corrected chi connectivity index (χ2v) is 6.26. The largest absolute Gasteiger partial charge is 0.392 e. The van der Waals surface area contributed by atoms with Crippen LogP contribution in [-0.2, 0) is 10.0 Å². The van der Waals surface area contributed by atoms with Crippen LogP contribution >= 0.6 is 23.8 Å². The summed E-state index contributed by atoms with van der Waals surface area (Å²) in [6, 6.07) is 3.36. The molecule has 1 aromatic carbocycles. The van der Waals surface area contributed by atoms with Gasteiger partial charge in [0.1, 0.15) is 11.1 Å². The van der Waals surface area contributed by atoms with Crippen molar-refractivity contribution >= 4 is 44.5 Å². The van der Waals surface area contributed by atoms with E-state index in [-0.39, 0.29) is 15.7 Å². The van der Waals surface area contributed by atoms with E-state index in [4.69, 9.17) is 17.3 Å². The van der Waals surface area contributed by atoms with E-state index in [2.05, 4.69) is 16.9 Å². The number of thiocarbonyl (C=S) groups is 1. The van der Waals surface area contributed by atoms with Gasteiger partial charge in [0.15, 0.2) is 0 Å². The lowest BCUT2D eigenvalue weighted by Crippen LogP contribution is -2.35. The highest BCUT2D eigenvalue weighted by atomic mass is 35.5. The Kier molecular flexibility index (Phi) is 4.29. The molecular weight excluding hydrogens is 287 g/mol. The number of nitrogens with two attached hydrogens (primary N) is 1. The molecule has 0 aliphatic carbocycles. The second kappa shape index (κ2) is 5.16. The van der Waals surface area contributed by atoms with Crippen molar-refractivity contribution in [3.8, 4) is 0 Å². The Morgan fingerprint density at radius 2 is 2.12 bits per heavy atom. The molecular formula is C9H10ClFN2O2S2. The number of nitrogens with one attached hydrogen (secondary N) is 1. The molecule has 94 valence electrons. The van der Waals surface area contributed by atoms with Crippen LogP contribution in [-0.4, -0.2) is 18.7 Å². The Morgan fingerprint density at radius 1 is 1.53 bits per heavy atom. The maximum Gasteiger partial charge on any atom is 0.241 e. The van der Waals surface area contributed by atoms with Gasteiger partial charge in [-0.25, -0.2) is 12.8 Å². The minimum atomic E-state index is -3.79. The van der Waals surface area contributed by atoms with Crippen molar-refractivity contribution in [1.82, 2.24) is 0 Å². The quantitative estimate of drug-likeness (QED) is 0.832. The molecule has 3 N–H and O–H groups in total. The van der Waals surface area contributed by atoms with Crippen molar-refractivity contribution in [2.75, 3.05) is 4.72 Å². The lowest BCUT2D eigenvalue weighted by molar-refractivity contribution is 0.598. The van der Waals surface area contributed by atoms with Crippen LogP contribution in [0, 0.1) is 5.82 Å². The average Bonchev–Trinajstić information content (AvgIpc) is 2.13. The minimum absolute atomic E-state index is 0.0260. The first-order chi connectivity index (χ1) is 7.72. The van der Waals surface area contributed by atoms with E-state index in [9.17, 15) is 12.8 Å². The van der Waals surface area contributed by atoms with Gasteiger partial charge in [-0.05, 0) is 25.1 Å². The van der Waals surface area contributed by atoms with Gasteiger partial charge in [0.25, 0.3) is 0 Å². The Labute approximate surface area is 109 Å². The van der Waals surface area contributed by atoms with Crippen molar-refractivity contribution in [2.45, 2.75) is 12.2 Å². The van der Waals surface area contributed by atoms with Crippen LogP contribution in [0.1, 0.15) is 6.92 Å².